The molecule has 0 aliphatic carbocycles. The second-order valence-electron chi connectivity index (χ2n) is 5.29. The Morgan fingerprint density at radius 2 is 2.05 bits per heavy atom. The van der Waals surface area contributed by atoms with E-state index in [9.17, 15) is 0 Å². The van der Waals surface area contributed by atoms with Gasteiger partial charge in [-0.15, -0.1) is 0 Å². The molecular formula is C17H19ClN2OS. The number of hydrogen-bond acceptors (Lipinski definition) is 4. The molecule has 3 nitrogen and oxygen atoms in total. The predicted molar refractivity (Wildman–Crippen MR) is 93.7 cm³/mol. The van der Waals surface area contributed by atoms with E-state index < -0.39 is 0 Å². The number of para-hydroxylation sites is 1. The third kappa shape index (κ3) is 3.10. The van der Waals surface area contributed by atoms with Gasteiger partial charge in [-0.3, -0.25) is 0 Å². The molecule has 116 valence electrons. The van der Waals surface area contributed by atoms with Crippen molar-refractivity contribution < 1.29 is 5.11 Å². The lowest BCUT2D eigenvalue weighted by Gasteiger charge is -2.22. The molecule has 0 aromatic heterocycles. The Labute approximate surface area is 140 Å². The highest BCUT2D eigenvalue weighted by atomic mass is 35.5. The Kier molecular flexibility index (Phi) is 4.93. The highest BCUT2D eigenvalue weighted by Crippen LogP contribution is 2.43. The van der Waals surface area contributed by atoms with E-state index in [1.807, 2.05) is 12.1 Å². The van der Waals surface area contributed by atoms with Crippen LogP contribution in [0.5, 0.6) is 0 Å². The molecule has 0 amide bonds. The van der Waals surface area contributed by atoms with Crippen LogP contribution in [0.3, 0.4) is 0 Å². The zero-order chi connectivity index (χ0) is 15.5. The normalized spacial score (nSPS) is 16.9. The Morgan fingerprint density at radius 1 is 1.23 bits per heavy atom. The van der Waals surface area contributed by atoms with Crippen LogP contribution in [0.1, 0.15) is 23.6 Å². The summed E-state index contributed by atoms with van der Waals surface area (Å²) in [6, 6.07) is 14.6. The van der Waals surface area contributed by atoms with Gasteiger partial charge in [0, 0.05) is 23.6 Å². The first-order valence-corrected chi connectivity index (χ1v) is 8.50. The minimum atomic E-state index is 0.104. The smallest absolute Gasteiger partial charge is 0.0609 e. The van der Waals surface area contributed by atoms with E-state index in [1.165, 1.54) is 16.8 Å². The summed E-state index contributed by atoms with van der Waals surface area (Å²) < 4.78 is 2.18. The number of nitrogens with zero attached hydrogens (tertiary/aromatic N) is 1. The van der Waals surface area contributed by atoms with E-state index in [2.05, 4.69) is 47.0 Å². The van der Waals surface area contributed by atoms with E-state index in [0.717, 1.165) is 22.9 Å². The van der Waals surface area contributed by atoms with E-state index in [0.29, 0.717) is 0 Å². The summed E-state index contributed by atoms with van der Waals surface area (Å²) in [5, 5.41) is 13.4. The molecule has 1 unspecified atom stereocenters. The Hall–Kier alpha value is -1.20. The predicted octanol–water partition coefficient (Wildman–Crippen LogP) is 3.86. The molecule has 2 aromatic rings. The van der Waals surface area contributed by atoms with Crippen LogP contribution in [0.25, 0.3) is 0 Å². The van der Waals surface area contributed by atoms with Gasteiger partial charge >= 0.3 is 0 Å². The van der Waals surface area contributed by atoms with Crippen molar-refractivity contribution in [2.75, 3.05) is 24.5 Å². The van der Waals surface area contributed by atoms with Crippen molar-refractivity contribution in [1.29, 1.82) is 0 Å². The second-order valence-corrected chi connectivity index (χ2v) is 6.90. The molecular weight excluding hydrogens is 316 g/mol. The lowest BCUT2D eigenvalue weighted by atomic mass is 9.97. The van der Waals surface area contributed by atoms with Gasteiger partial charge in [0.15, 0.2) is 0 Å². The summed E-state index contributed by atoms with van der Waals surface area (Å²) >= 11 is 7.87. The van der Waals surface area contributed by atoms with Gasteiger partial charge in [0.25, 0.3) is 0 Å². The third-order valence-corrected chi connectivity index (χ3v) is 5.05. The molecule has 0 spiro atoms. The monoisotopic (exact) mass is 334 g/mol. The summed E-state index contributed by atoms with van der Waals surface area (Å²) in [6.45, 7) is 0.968. The number of fused-ring (bicyclic) bond motifs is 2. The quantitative estimate of drug-likeness (QED) is 0.657. The number of rotatable bonds is 4. The zero-order valence-electron chi connectivity index (χ0n) is 12.4. The molecule has 1 heterocycles. The highest BCUT2D eigenvalue weighted by molar-refractivity contribution is 8.00. The van der Waals surface area contributed by atoms with Gasteiger partial charge in [0.05, 0.1) is 11.7 Å². The summed E-state index contributed by atoms with van der Waals surface area (Å²) in [5.74, 6) is 0. The number of aliphatic hydroxyl groups excluding tert-OH is 1. The van der Waals surface area contributed by atoms with Crippen molar-refractivity contribution in [3.8, 4) is 0 Å². The molecule has 5 heteroatoms. The van der Waals surface area contributed by atoms with Crippen molar-refractivity contribution in [3.05, 3.63) is 58.6 Å². The zero-order valence-corrected chi connectivity index (χ0v) is 14.0. The highest BCUT2D eigenvalue weighted by Gasteiger charge is 2.26. The standard InChI is InChI=1S/C17H19ClN2OS/c1-20-15-6-3-2-5-13(15)17(19-9-4-10-21)14-8-7-12(18)11-16(14)22-20/h2-3,5-8,11,17,19,21H,4,9-10H2,1H3. The first-order valence-electron chi connectivity index (χ1n) is 7.35. The van der Waals surface area contributed by atoms with Crippen LogP contribution in [0.2, 0.25) is 5.02 Å². The van der Waals surface area contributed by atoms with Crippen molar-refractivity contribution in [3.63, 3.8) is 0 Å². The van der Waals surface area contributed by atoms with Gasteiger partial charge in [0.2, 0.25) is 0 Å². The van der Waals surface area contributed by atoms with Crippen molar-refractivity contribution in [2.45, 2.75) is 17.4 Å². The van der Waals surface area contributed by atoms with Gasteiger partial charge in [-0.25, -0.2) is 0 Å². The molecule has 2 N–H and O–H groups in total. The maximum atomic E-state index is 9.05. The molecule has 1 aliphatic heterocycles. The van der Waals surface area contributed by atoms with E-state index in [1.54, 1.807) is 11.9 Å². The molecule has 0 bridgehead atoms. The molecule has 3 rings (SSSR count). The maximum absolute atomic E-state index is 9.05. The fourth-order valence-corrected chi connectivity index (χ4v) is 4.02. The lowest BCUT2D eigenvalue weighted by Crippen LogP contribution is -2.24. The number of nitrogens with one attached hydrogen (secondary N) is 1. The fourth-order valence-electron chi connectivity index (χ4n) is 2.75. The average Bonchev–Trinajstić information content (AvgIpc) is 2.63. The van der Waals surface area contributed by atoms with Gasteiger partial charge in [-0.2, -0.15) is 0 Å². The molecule has 0 radical (unpaired) electrons. The number of anilines is 1. The minimum absolute atomic E-state index is 0.104. The van der Waals surface area contributed by atoms with Crippen molar-refractivity contribution in [2.24, 2.45) is 0 Å². The van der Waals surface area contributed by atoms with Crippen LogP contribution in [-0.4, -0.2) is 25.3 Å². The van der Waals surface area contributed by atoms with E-state index >= 15 is 0 Å². The number of hydrogen-bond donors (Lipinski definition) is 2. The van der Waals surface area contributed by atoms with Crippen LogP contribution in [0.4, 0.5) is 5.69 Å². The van der Waals surface area contributed by atoms with Crippen molar-refractivity contribution >= 4 is 29.2 Å². The van der Waals surface area contributed by atoms with Gasteiger partial charge in [-0.05, 0) is 54.2 Å². The Bertz CT molecular complexity index is 665. The Balaban J connectivity index is 2.07. The molecule has 0 saturated carbocycles. The molecule has 2 aromatic carbocycles. The average molecular weight is 335 g/mol. The topological polar surface area (TPSA) is 35.5 Å². The summed E-state index contributed by atoms with van der Waals surface area (Å²) in [6.07, 6.45) is 0.741. The molecule has 0 saturated heterocycles. The molecule has 0 fully saturated rings. The van der Waals surface area contributed by atoms with Crippen molar-refractivity contribution in [1.82, 2.24) is 5.32 Å². The largest absolute Gasteiger partial charge is 0.396 e. The molecule has 22 heavy (non-hydrogen) atoms. The second kappa shape index (κ2) is 6.92. The number of aliphatic hydroxyl groups is 1. The summed E-state index contributed by atoms with van der Waals surface area (Å²) in [4.78, 5) is 1.16. The van der Waals surface area contributed by atoms with Crippen LogP contribution in [-0.2, 0) is 0 Å². The van der Waals surface area contributed by atoms with E-state index in [-0.39, 0.29) is 12.6 Å². The van der Waals surface area contributed by atoms with Gasteiger partial charge in [-0.1, -0.05) is 35.9 Å². The van der Waals surface area contributed by atoms with Crippen LogP contribution in [0.15, 0.2) is 47.4 Å². The van der Waals surface area contributed by atoms with Crippen LogP contribution < -0.4 is 9.62 Å². The summed E-state index contributed by atoms with van der Waals surface area (Å²) in [7, 11) is 2.07. The van der Waals surface area contributed by atoms with Gasteiger partial charge in [0.1, 0.15) is 0 Å². The first kappa shape index (κ1) is 15.7. The maximum Gasteiger partial charge on any atom is 0.0609 e. The molecule has 1 aliphatic rings. The fraction of sp³-hybridized carbons (Fsp3) is 0.294. The lowest BCUT2D eigenvalue weighted by molar-refractivity contribution is 0.284. The van der Waals surface area contributed by atoms with E-state index in [4.69, 9.17) is 16.7 Å². The molecule has 1 atom stereocenters. The van der Waals surface area contributed by atoms with Crippen LogP contribution in [0, 0.1) is 0 Å². The van der Waals surface area contributed by atoms with Gasteiger partial charge < -0.3 is 14.7 Å². The van der Waals surface area contributed by atoms with Crippen LogP contribution >= 0.6 is 23.5 Å². The SMILES string of the molecule is CN1Sc2cc(Cl)ccc2C(NCCCO)c2ccccc21. The summed E-state index contributed by atoms with van der Waals surface area (Å²) in [5.41, 5.74) is 3.67. The third-order valence-electron chi connectivity index (χ3n) is 3.79. The first-order chi connectivity index (χ1) is 10.7. The minimum Gasteiger partial charge on any atom is -0.396 e. The number of halogens is 1. The Morgan fingerprint density at radius 3 is 2.86 bits per heavy atom. The number of benzene rings is 2.